The lowest BCUT2D eigenvalue weighted by molar-refractivity contribution is 0.194. The van der Waals surface area contributed by atoms with E-state index in [4.69, 9.17) is 5.11 Å². The summed E-state index contributed by atoms with van der Waals surface area (Å²) in [6, 6.07) is 14.5. The van der Waals surface area contributed by atoms with Gasteiger partial charge >= 0.3 is 6.09 Å². The molecule has 0 atom stereocenters. The van der Waals surface area contributed by atoms with Gasteiger partial charge in [-0.3, -0.25) is 0 Å². The smallest absolute Gasteiger partial charge is 0.404 e. The maximum atomic E-state index is 10.4. The summed E-state index contributed by atoms with van der Waals surface area (Å²) >= 11 is 0. The zero-order valence-corrected chi connectivity index (χ0v) is 9.63. The average molecular weight is 243 g/mol. The van der Waals surface area contributed by atoms with E-state index < -0.39 is 6.09 Å². The number of hydrogen-bond acceptors (Lipinski definition) is 2. The van der Waals surface area contributed by atoms with E-state index in [1.54, 1.807) is 12.1 Å². The molecule has 0 spiro atoms. The van der Waals surface area contributed by atoms with Gasteiger partial charge < -0.3 is 15.5 Å². The molecule has 0 aliphatic rings. The molecule has 3 N–H and O–H groups in total. The van der Waals surface area contributed by atoms with Crippen molar-refractivity contribution in [3.05, 3.63) is 54.1 Å². The second-order valence-electron chi connectivity index (χ2n) is 3.91. The number of phenols is 1. The van der Waals surface area contributed by atoms with Crippen molar-refractivity contribution in [2.24, 2.45) is 0 Å². The van der Waals surface area contributed by atoms with Crippen molar-refractivity contribution in [2.75, 3.05) is 0 Å². The van der Waals surface area contributed by atoms with Crippen molar-refractivity contribution in [1.82, 2.24) is 5.32 Å². The predicted octanol–water partition coefficient (Wildman–Crippen LogP) is 2.83. The number of carboxylic acid groups (broad SMARTS) is 1. The largest absolute Gasteiger partial charge is 0.508 e. The summed E-state index contributed by atoms with van der Waals surface area (Å²) in [5, 5.41) is 20.1. The van der Waals surface area contributed by atoms with Crippen LogP contribution in [0, 0.1) is 0 Å². The molecule has 2 aromatic rings. The molecule has 0 heterocycles. The van der Waals surface area contributed by atoms with E-state index in [9.17, 15) is 9.90 Å². The Morgan fingerprint density at radius 1 is 1.06 bits per heavy atom. The van der Waals surface area contributed by atoms with Crippen molar-refractivity contribution >= 4 is 6.09 Å². The van der Waals surface area contributed by atoms with Gasteiger partial charge in [0.2, 0.25) is 0 Å². The van der Waals surface area contributed by atoms with Crippen molar-refractivity contribution < 1.29 is 15.0 Å². The minimum absolute atomic E-state index is 0.224. The standard InChI is InChI=1S/C14H13NO3/c16-13-6-4-11(5-7-13)12-3-1-2-10(8-12)9-15-14(17)18/h1-8,15-16H,9H2,(H,17,18). The first kappa shape index (κ1) is 12.0. The summed E-state index contributed by atoms with van der Waals surface area (Å²) in [5.41, 5.74) is 2.85. The summed E-state index contributed by atoms with van der Waals surface area (Å²) in [4.78, 5) is 10.4. The number of carbonyl (C=O) groups is 1. The highest BCUT2D eigenvalue weighted by atomic mass is 16.4. The fourth-order valence-electron chi connectivity index (χ4n) is 1.69. The number of aromatic hydroxyl groups is 1. The fraction of sp³-hybridized carbons (Fsp3) is 0.0714. The maximum absolute atomic E-state index is 10.4. The van der Waals surface area contributed by atoms with E-state index in [0.29, 0.717) is 0 Å². The Morgan fingerprint density at radius 2 is 1.78 bits per heavy atom. The van der Waals surface area contributed by atoms with Crippen LogP contribution in [0.1, 0.15) is 5.56 Å². The average Bonchev–Trinajstić information content (AvgIpc) is 2.37. The molecule has 92 valence electrons. The molecule has 2 aromatic carbocycles. The topological polar surface area (TPSA) is 69.6 Å². The lowest BCUT2D eigenvalue weighted by atomic mass is 10.0. The fourth-order valence-corrected chi connectivity index (χ4v) is 1.69. The molecule has 0 aliphatic heterocycles. The summed E-state index contributed by atoms with van der Waals surface area (Å²) in [6.45, 7) is 0.279. The molecule has 0 saturated heterocycles. The third-order valence-electron chi connectivity index (χ3n) is 2.57. The summed E-state index contributed by atoms with van der Waals surface area (Å²) in [5.74, 6) is 0.224. The van der Waals surface area contributed by atoms with Gasteiger partial charge in [0, 0.05) is 6.54 Å². The van der Waals surface area contributed by atoms with Crippen LogP contribution in [0.5, 0.6) is 5.75 Å². The monoisotopic (exact) mass is 243 g/mol. The van der Waals surface area contributed by atoms with Crippen molar-refractivity contribution in [3.8, 4) is 16.9 Å². The molecule has 1 amide bonds. The Balaban J connectivity index is 2.21. The first-order valence-corrected chi connectivity index (χ1v) is 5.50. The molecule has 0 fully saturated rings. The van der Waals surface area contributed by atoms with Gasteiger partial charge in [-0.1, -0.05) is 30.3 Å². The second-order valence-corrected chi connectivity index (χ2v) is 3.91. The minimum atomic E-state index is -1.04. The van der Waals surface area contributed by atoms with E-state index in [1.807, 2.05) is 36.4 Å². The van der Waals surface area contributed by atoms with E-state index in [0.717, 1.165) is 16.7 Å². The SMILES string of the molecule is O=C(O)NCc1cccc(-c2ccc(O)cc2)c1. The summed E-state index contributed by atoms with van der Waals surface area (Å²) < 4.78 is 0. The summed E-state index contributed by atoms with van der Waals surface area (Å²) in [6.07, 6.45) is -1.04. The highest BCUT2D eigenvalue weighted by Gasteiger charge is 2.01. The van der Waals surface area contributed by atoms with Crippen LogP contribution < -0.4 is 5.32 Å². The molecule has 18 heavy (non-hydrogen) atoms. The van der Waals surface area contributed by atoms with Crippen LogP contribution in [0.2, 0.25) is 0 Å². The zero-order chi connectivity index (χ0) is 13.0. The van der Waals surface area contributed by atoms with E-state index in [2.05, 4.69) is 5.32 Å². The van der Waals surface area contributed by atoms with Crippen LogP contribution >= 0.6 is 0 Å². The van der Waals surface area contributed by atoms with Gasteiger partial charge in [-0.15, -0.1) is 0 Å². The van der Waals surface area contributed by atoms with Crippen molar-refractivity contribution in [3.63, 3.8) is 0 Å². The summed E-state index contributed by atoms with van der Waals surface area (Å²) in [7, 11) is 0. The molecule has 0 bridgehead atoms. The van der Waals surface area contributed by atoms with Crippen LogP contribution in [0.25, 0.3) is 11.1 Å². The van der Waals surface area contributed by atoms with Gasteiger partial charge in [0.1, 0.15) is 5.75 Å². The first-order chi connectivity index (χ1) is 8.65. The van der Waals surface area contributed by atoms with Crippen LogP contribution in [0.15, 0.2) is 48.5 Å². The normalized spacial score (nSPS) is 10.0. The third kappa shape index (κ3) is 3.01. The Labute approximate surface area is 105 Å². The molecule has 0 radical (unpaired) electrons. The minimum Gasteiger partial charge on any atom is -0.508 e. The number of hydrogen-bond donors (Lipinski definition) is 3. The molecule has 2 rings (SSSR count). The predicted molar refractivity (Wildman–Crippen MR) is 68.4 cm³/mol. The number of rotatable bonds is 3. The van der Waals surface area contributed by atoms with E-state index in [1.165, 1.54) is 0 Å². The molecule has 4 nitrogen and oxygen atoms in total. The number of benzene rings is 2. The Kier molecular flexibility index (Phi) is 3.48. The first-order valence-electron chi connectivity index (χ1n) is 5.50. The van der Waals surface area contributed by atoms with Gasteiger partial charge in [0.15, 0.2) is 0 Å². The maximum Gasteiger partial charge on any atom is 0.404 e. The molecular formula is C14H13NO3. The molecular weight excluding hydrogens is 230 g/mol. The van der Waals surface area contributed by atoms with Crippen molar-refractivity contribution in [2.45, 2.75) is 6.54 Å². The highest BCUT2D eigenvalue weighted by Crippen LogP contribution is 2.22. The molecule has 0 aliphatic carbocycles. The molecule has 0 saturated carbocycles. The van der Waals surface area contributed by atoms with Gasteiger partial charge in [0.25, 0.3) is 0 Å². The zero-order valence-electron chi connectivity index (χ0n) is 9.63. The van der Waals surface area contributed by atoms with Crippen LogP contribution in [0.3, 0.4) is 0 Å². The number of amides is 1. The van der Waals surface area contributed by atoms with Crippen LogP contribution in [0.4, 0.5) is 4.79 Å². The molecule has 0 unspecified atom stereocenters. The Morgan fingerprint density at radius 3 is 2.44 bits per heavy atom. The molecule has 4 heteroatoms. The Hall–Kier alpha value is -2.49. The van der Waals surface area contributed by atoms with Gasteiger partial charge in [-0.25, -0.2) is 4.79 Å². The van der Waals surface area contributed by atoms with Crippen LogP contribution in [-0.4, -0.2) is 16.3 Å². The third-order valence-corrected chi connectivity index (χ3v) is 2.57. The van der Waals surface area contributed by atoms with E-state index in [-0.39, 0.29) is 12.3 Å². The van der Waals surface area contributed by atoms with Crippen LogP contribution in [-0.2, 0) is 6.54 Å². The van der Waals surface area contributed by atoms with Gasteiger partial charge in [-0.05, 0) is 34.9 Å². The quantitative estimate of drug-likeness (QED) is 0.776. The number of phenolic OH excluding ortho intramolecular Hbond substituents is 1. The van der Waals surface area contributed by atoms with Crippen molar-refractivity contribution in [1.29, 1.82) is 0 Å². The Bertz CT molecular complexity index is 549. The number of nitrogens with one attached hydrogen (secondary N) is 1. The molecule has 0 aromatic heterocycles. The van der Waals surface area contributed by atoms with E-state index >= 15 is 0 Å². The second kappa shape index (κ2) is 5.23. The van der Waals surface area contributed by atoms with Gasteiger partial charge in [0.05, 0.1) is 0 Å². The lowest BCUT2D eigenvalue weighted by Crippen LogP contribution is -2.19. The lowest BCUT2D eigenvalue weighted by Gasteiger charge is -2.06. The van der Waals surface area contributed by atoms with Gasteiger partial charge in [-0.2, -0.15) is 0 Å². The highest BCUT2D eigenvalue weighted by molar-refractivity contribution is 5.66.